The number of aromatic nitrogens is 1. The van der Waals surface area contributed by atoms with E-state index in [0.29, 0.717) is 19.4 Å². The van der Waals surface area contributed by atoms with Crippen molar-refractivity contribution in [1.29, 1.82) is 0 Å². The largest absolute Gasteiger partial charge is 0.347 e. The van der Waals surface area contributed by atoms with Crippen molar-refractivity contribution in [3.05, 3.63) is 15.6 Å². The van der Waals surface area contributed by atoms with Crippen LogP contribution in [0, 0.1) is 13.8 Å². The van der Waals surface area contributed by atoms with Crippen LogP contribution < -0.4 is 5.32 Å². The van der Waals surface area contributed by atoms with Crippen molar-refractivity contribution >= 4 is 23.2 Å². The fourth-order valence-corrected chi connectivity index (χ4v) is 3.82. The summed E-state index contributed by atoms with van der Waals surface area (Å²) in [5, 5.41) is 4.04. The topological polar surface area (TPSA) is 62.3 Å². The number of nitrogens with one attached hydrogen (secondary N) is 1. The van der Waals surface area contributed by atoms with Crippen molar-refractivity contribution in [2.75, 3.05) is 13.1 Å². The maximum atomic E-state index is 12.2. The molecule has 23 heavy (non-hydrogen) atoms. The van der Waals surface area contributed by atoms with E-state index in [9.17, 15) is 9.59 Å². The van der Waals surface area contributed by atoms with Crippen LogP contribution in [0.4, 0.5) is 0 Å². The van der Waals surface area contributed by atoms with Gasteiger partial charge in [-0.05, 0) is 33.1 Å². The number of carbonyl (C=O) groups is 2. The first-order valence-electron chi connectivity index (χ1n) is 8.52. The smallest absolute Gasteiger partial charge is 0.222 e. The molecule has 128 valence electrons. The summed E-state index contributed by atoms with van der Waals surface area (Å²) in [5.41, 5.74) is 1.04. The Morgan fingerprint density at radius 2 is 2.13 bits per heavy atom. The van der Waals surface area contributed by atoms with Crippen LogP contribution in [0.5, 0.6) is 0 Å². The Kier molecular flexibility index (Phi) is 6.57. The van der Waals surface area contributed by atoms with Gasteiger partial charge in [0.25, 0.3) is 0 Å². The van der Waals surface area contributed by atoms with Gasteiger partial charge in [0, 0.05) is 30.8 Å². The molecule has 0 unspecified atom stereocenters. The quantitative estimate of drug-likeness (QED) is 0.867. The van der Waals surface area contributed by atoms with Gasteiger partial charge in [-0.15, -0.1) is 11.3 Å². The van der Waals surface area contributed by atoms with Crippen LogP contribution in [0.3, 0.4) is 0 Å². The van der Waals surface area contributed by atoms with E-state index < -0.39 is 0 Å². The fourth-order valence-electron chi connectivity index (χ4n) is 2.76. The first kappa shape index (κ1) is 17.9. The fraction of sp³-hybridized carbons (Fsp3) is 0.706. The van der Waals surface area contributed by atoms with E-state index in [2.05, 4.69) is 24.1 Å². The highest BCUT2D eigenvalue weighted by Gasteiger charge is 2.20. The molecule has 0 radical (unpaired) electrons. The molecule has 2 heterocycles. The summed E-state index contributed by atoms with van der Waals surface area (Å²) in [7, 11) is 0. The molecule has 1 saturated heterocycles. The molecule has 1 aromatic heterocycles. The van der Waals surface area contributed by atoms with Gasteiger partial charge in [-0.3, -0.25) is 9.59 Å². The van der Waals surface area contributed by atoms with Crippen LogP contribution in [-0.2, 0) is 9.59 Å². The highest BCUT2D eigenvalue weighted by Crippen LogP contribution is 2.24. The van der Waals surface area contributed by atoms with Gasteiger partial charge in [-0.2, -0.15) is 0 Å². The van der Waals surface area contributed by atoms with E-state index >= 15 is 0 Å². The molecule has 2 amide bonds. The summed E-state index contributed by atoms with van der Waals surface area (Å²) in [6.07, 6.45) is 4.93. The highest BCUT2D eigenvalue weighted by atomic mass is 32.1. The zero-order valence-corrected chi connectivity index (χ0v) is 15.2. The molecule has 2 rings (SSSR count). The average Bonchev–Trinajstić information content (AvgIpc) is 2.72. The van der Waals surface area contributed by atoms with Gasteiger partial charge < -0.3 is 10.2 Å². The zero-order valence-electron chi connectivity index (χ0n) is 14.4. The molecule has 1 N–H and O–H groups in total. The molecule has 1 fully saturated rings. The lowest BCUT2D eigenvalue weighted by atomic mass is 10.2. The van der Waals surface area contributed by atoms with Crippen LogP contribution in [0.1, 0.15) is 67.1 Å². The number of hydrogen-bond acceptors (Lipinski definition) is 4. The molecule has 1 atom stereocenters. The lowest BCUT2D eigenvalue weighted by molar-refractivity contribution is -0.131. The normalized spacial score (nSPS) is 17.0. The molecule has 6 heteroatoms. The Morgan fingerprint density at radius 1 is 1.35 bits per heavy atom. The monoisotopic (exact) mass is 337 g/mol. The van der Waals surface area contributed by atoms with Crippen LogP contribution in [0.15, 0.2) is 0 Å². The molecular weight excluding hydrogens is 310 g/mol. The predicted octanol–water partition coefficient (Wildman–Crippen LogP) is 3.12. The van der Waals surface area contributed by atoms with Gasteiger partial charge in [0.15, 0.2) is 0 Å². The summed E-state index contributed by atoms with van der Waals surface area (Å²) in [4.78, 5) is 31.8. The van der Waals surface area contributed by atoms with Crippen LogP contribution >= 0.6 is 11.3 Å². The minimum absolute atomic E-state index is 0.000553. The highest BCUT2D eigenvalue weighted by molar-refractivity contribution is 7.11. The standard InChI is InChI=1S/C17H27N3O2S/c1-4-14(17-18-12(2)13(3)23-17)19-15(21)9-11-20-10-7-5-6-8-16(20)22/h14H,4-11H2,1-3H3,(H,19,21)/t14-/m0/s1. The van der Waals surface area contributed by atoms with E-state index in [1.54, 1.807) is 11.3 Å². The second kappa shape index (κ2) is 8.43. The van der Waals surface area contributed by atoms with Crippen molar-refractivity contribution in [3.63, 3.8) is 0 Å². The lowest BCUT2D eigenvalue weighted by Gasteiger charge is -2.21. The first-order valence-corrected chi connectivity index (χ1v) is 9.34. The lowest BCUT2D eigenvalue weighted by Crippen LogP contribution is -2.35. The van der Waals surface area contributed by atoms with Crippen molar-refractivity contribution in [2.24, 2.45) is 0 Å². The molecule has 5 nitrogen and oxygen atoms in total. The Morgan fingerprint density at radius 3 is 2.78 bits per heavy atom. The van der Waals surface area contributed by atoms with Gasteiger partial charge >= 0.3 is 0 Å². The van der Waals surface area contributed by atoms with Gasteiger partial charge in [0.2, 0.25) is 11.8 Å². The molecule has 0 aromatic carbocycles. The predicted molar refractivity (Wildman–Crippen MR) is 92.4 cm³/mol. The number of carbonyl (C=O) groups excluding carboxylic acids is 2. The minimum atomic E-state index is -0.0280. The van der Waals surface area contributed by atoms with E-state index in [0.717, 1.165) is 42.9 Å². The van der Waals surface area contributed by atoms with E-state index in [4.69, 9.17) is 0 Å². The number of rotatable bonds is 6. The van der Waals surface area contributed by atoms with Gasteiger partial charge in [0.05, 0.1) is 11.7 Å². The third kappa shape index (κ3) is 5.03. The average molecular weight is 337 g/mol. The summed E-state index contributed by atoms with van der Waals surface area (Å²) in [5.74, 6) is 0.188. The van der Waals surface area contributed by atoms with Crippen LogP contribution in [-0.4, -0.2) is 34.8 Å². The van der Waals surface area contributed by atoms with Crippen LogP contribution in [0.25, 0.3) is 0 Å². The maximum Gasteiger partial charge on any atom is 0.222 e. The van der Waals surface area contributed by atoms with E-state index in [-0.39, 0.29) is 17.9 Å². The van der Waals surface area contributed by atoms with Crippen molar-refractivity contribution in [1.82, 2.24) is 15.2 Å². The number of hydrogen-bond donors (Lipinski definition) is 1. The summed E-state index contributed by atoms with van der Waals surface area (Å²) < 4.78 is 0. The summed E-state index contributed by atoms with van der Waals surface area (Å²) in [6.45, 7) is 7.41. The molecule has 0 spiro atoms. The van der Waals surface area contributed by atoms with Gasteiger partial charge in [-0.25, -0.2) is 4.98 Å². The molecular formula is C17H27N3O2S. The third-order valence-corrected chi connectivity index (χ3v) is 5.55. The van der Waals surface area contributed by atoms with Crippen LogP contribution in [0.2, 0.25) is 0 Å². The Hall–Kier alpha value is -1.43. The maximum absolute atomic E-state index is 12.2. The number of likely N-dealkylation sites (tertiary alicyclic amines) is 1. The third-order valence-electron chi connectivity index (χ3n) is 4.37. The summed E-state index contributed by atoms with van der Waals surface area (Å²) >= 11 is 1.65. The van der Waals surface area contributed by atoms with Crippen molar-refractivity contribution in [3.8, 4) is 0 Å². The molecule has 1 aliphatic rings. The number of nitrogens with zero attached hydrogens (tertiary/aromatic N) is 2. The molecule has 1 aliphatic heterocycles. The van der Waals surface area contributed by atoms with Crippen molar-refractivity contribution < 1.29 is 9.59 Å². The minimum Gasteiger partial charge on any atom is -0.347 e. The van der Waals surface area contributed by atoms with E-state index in [1.165, 1.54) is 4.88 Å². The van der Waals surface area contributed by atoms with Gasteiger partial charge in [0.1, 0.15) is 5.01 Å². The molecule has 0 aliphatic carbocycles. The zero-order chi connectivity index (χ0) is 16.8. The van der Waals surface area contributed by atoms with Crippen molar-refractivity contribution in [2.45, 2.75) is 65.3 Å². The Labute approximate surface area is 142 Å². The number of thiazole rings is 1. The summed E-state index contributed by atoms with van der Waals surface area (Å²) in [6, 6.07) is -0.0280. The Bertz CT molecular complexity index is 537. The SMILES string of the molecule is CC[C@H](NC(=O)CCN1CCCCCC1=O)c1nc(C)c(C)s1. The number of amides is 2. The second-order valence-corrected chi connectivity index (χ2v) is 7.40. The van der Waals surface area contributed by atoms with Gasteiger partial charge in [-0.1, -0.05) is 13.3 Å². The molecule has 1 aromatic rings. The van der Waals surface area contributed by atoms with E-state index in [1.807, 2.05) is 11.8 Å². The number of aryl methyl sites for hydroxylation is 2. The Balaban J connectivity index is 1.86. The first-order chi connectivity index (χ1) is 11.0. The molecule has 0 saturated carbocycles. The second-order valence-electron chi connectivity index (χ2n) is 6.16. The molecule has 0 bridgehead atoms.